The first-order valence-corrected chi connectivity index (χ1v) is 15.2. The summed E-state index contributed by atoms with van der Waals surface area (Å²) >= 11 is 6.89. The lowest BCUT2D eigenvalue weighted by Gasteiger charge is -2.33. The van der Waals surface area contributed by atoms with Crippen LogP contribution in [0, 0.1) is 10.1 Å². The molecule has 0 aliphatic heterocycles. The SMILES string of the molecule is CN(C(=O)C[C@H](c1ccc([N+](=O)[O-])cc1)N(C(=O)c1ccccc1)c1cc(Br)cc(Br)c1)S(=O)(=O)c1ccccc1. The van der Waals surface area contributed by atoms with E-state index in [9.17, 15) is 28.1 Å². The highest BCUT2D eigenvalue weighted by atomic mass is 79.9. The van der Waals surface area contributed by atoms with Gasteiger partial charge in [0.1, 0.15) is 0 Å². The quantitative estimate of drug-likeness (QED) is 0.141. The summed E-state index contributed by atoms with van der Waals surface area (Å²) in [5.41, 5.74) is 0.960. The van der Waals surface area contributed by atoms with E-state index in [1.54, 1.807) is 66.7 Å². The zero-order chi connectivity index (χ0) is 29.7. The summed E-state index contributed by atoms with van der Waals surface area (Å²) in [6.45, 7) is 0. The van der Waals surface area contributed by atoms with Gasteiger partial charge in [-0.05, 0) is 48.0 Å². The van der Waals surface area contributed by atoms with Crippen LogP contribution in [0.5, 0.6) is 0 Å². The van der Waals surface area contributed by atoms with Crippen molar-refractivity contribution in [2.24, 2.45) is 0 Å². The van der Waals surface area contributed by atoms with E-state index >= 15 is 0 Å². The average Bonchev–Trinajstić information content (AvgIpc) is 2.96. The number of carbonyl (C=O) groups excluding carboxylic acids is 2. The minimum absolute atomic E-state index is 0.0594. The Morgan fingerprint density at radius 1 is 0.854 bits per heavy atom. The van der Waals surface area contributed by atoms with E-state index in [-0.39, 0.29) is 10.6 Å². The first-order valence-electron chi connectivity index (χ1n) is 12.1. The number of benzene rings is 4. The molecule has 0 radical (unpaired) electrons. The number of amides is 2. The van der Waals surface area contributed by atoms with Gasteiger partial charge in [0.2, 0.25) is 5.91 Å². The fourth-order valence-electron chi connectivity index (χ4n) is 4.19. The van der Waals surface area contributed by atoms with Crippen LogP contribution in [0.15, 0.2) is 117 Å². The number of anilines is 1. The van der Waals surface area contributed by atoms with E-state index in [2.05, 4.69) is 31.9 Å². The molecule has 0 fully saturated rings. The van der Waals surface area contributed by atoms with Crippen LogP contribution < -0.4 is 4.90 Å². The van der Waals surface area contributed by atoms with E-state index in [0.29, 0.717) is 30.1 Å². The van der Waals surface area contributed by atoms with Crippen LogP contribution in [-0.2, 0) is 14.8 Å². The van der Waals surface area contributed by atoms with Crippen molar-refractivity contribution >= 4 is 65.1 Å². The van der Waals surface area contributed by atoms with Gasteiger partial charge >= 0.3 is 0 Å². The molecule has 9 nitrogen and oxygen atoms in total. The van der Waals surface area contributed by atoms with Crippen molar-refractivity contribution in [2.45, 2.75) is 17.4 Å². The highest BCUT2D eigenvalue weighted by Crippen LogP contribution is 2.36. The maximum atomic E-state index is 14.1. The minimum atomic E-state index is -4.18. The molecule has 4 rings (SSSR count). The van der Waals surface area contributed by atoms with E-state index < -0.39 is 39.2 Å². The van der Waals surface area contributed by atoms with Crippen LogP contribution in [0.3, 0.4) is 0 Å². The zero-order valence-electron chi connectivity index (χ0n) is 21.6. The molecule has 1 atom stereocenters. The van der Waals surface area contributed by atoms with Crippen molar-refractivity contribution in [3.63, 3.8) is 0 Å². The maximum absolute atomic E-state index is 14.1. The molecule has 41 heavy (non-hydrogen) atoms. The van der Waals surface area contributed by atoms with Gasteiger partial charge in [-0.25, -0.2) is 12.7 Å². The summed E-state index contributed by atoms with van der Waals surface area (Å²) in [6.07, 6.45) is -0.441. The van der Waals surface area contributed by atoms with Crippen LogP contribution in [0.25, 0.3) is 0 Å². The topological polar surface area (TPSA) is 118 Å². The molecule has 0 bridgehead atoms. The second-order valence-electron chi connectivity index (χ2n) is 8.92. The molecule has 0 heterocycles. The molecule has 0 aliphatic carbocycles. The number of hydrogen-bond donors (Lipinski definition) is 0. The van der Waals surface area contributed by atoms with Crippen LogP contribution in [0.4, 0.5) is 11.4 Å². The van der Waals surface area contributed by atoms with Gasteiger partial charge in [-0.2, -0.15) is 0 Å². The molecule has 4 aromatic carbocycles. The van der Waals surface area contributed by atoms with E-state index in [4.69, 9.17) is 0 Å². The summed E-state index contributed by atoms with van der Waals surface area (Å²) in [5, 5.41) is 11.3. The molecule has 4 aromatic rings. The molecule has 0 N–H and O–H groups in total. The Morgan fingerprint density at radius 2 is 1.39 bits per heavy atom. The van der Waals surface area contributed by atoms with Crippen molar-refractivity contribution < 1.29 is 22.9 Å². The molecule has 0 spiro atoms. The van der Waals surface area contributed by atoms with Crippen molar-refractivity contribution in [3.05, 3.63) is 133 Å². The van der Waals surface area contributed by atoms with Gasteiger partial charge in [-0.3, -0.25) is 19.7 Å². The number of sulfonamides is 1. The summed E-state index contributed by atoms with van der Waals surface area (Å²) in [4.78, 5) is 39.8. The molecular formula is C29H23Br2N3O6S. The smallest absolute Gasteiger partial charge is 0.269 e. The van der Waals surface area contributed by atoms with Gasteiger partial charge in [-0.1, -0.05) is 80.4 Å². The number of halogens is 2. The van der Waals surface area contributed by atoms with Gasteiger partial charge in [0.05, 0.1) is 22.3 Å². The van der Waals surface area contributed by atoms with Gasteiger partial charge in [0, 0.05) is 39.4 Å². The minimum Gasteiger partial charge on any atom is -0.300 e. The second kappa shape index (κ2) is 12.8. The largest absolute Gasteiger partial charge is 0.300 e. The second-order valence-corrected chi connectivity index (χ2v) is 12.7. The third-order valence-corrected chi connectivity index (χ3v) is 8.99. The first kappa shape index (κ1) is 30.1. The molecule has 210 valence electrons. The predicted molar refractivity (Wildman–Crippen MR) is 162 cm³/mol. The summed E-state index contributed by atoms with van der Waals surface area (Å²) in [5.74, 6) is -1.24. The number of non-ortho nitro benzene ring substituents is 1. The Kier molecular flexibility index (Phi) is 9.36. The van der Waals surface area contributed by atoms with Crippen LogP contribution in [-0.4, -0.2) is 36.5 Å². The molecule has 12 heteroatoms. The highest BCUT2D eigenvalue weighted by molar-refractivity contribution is 9.11. The van der Waals surface area contributed by atoms with Crippen molar-refractivity contribution in [1.29, 1.82) is 0 Å². The summed E-state index contributed by atoms with van der Waals surface area (Å²) < 4.78 is 28.4. The van der Waals surface area contributed by atoms with Gasteiger partial charge in [-0.15, -0.1) is 0 Å². The molecule has 0 aliphatic rings. The number of nitro groups is 1. The molecule has 2 amide bonds. The van der Waals surface area contributed by atoms with Crippen molar-refractivity contribution in [2.75, 3.05) is 11.9 Å². The van der Waals surface area contributed by atoms with Crippen LogP contribution in [0.1, 0.15) is 28.4 Å². The van der Waals surface area contributed by atoms with Crippen molar-refractivity contribution in [1.82, 2.24) is 4.31 Å². The first-order chi connectivity index (χ1) is 19.5. The van der Waals surface area contributed by atoms with Crippen LogP contribution in [0.2, 0.25) is 0 Å². The van der Waals surface area contributed by atoms with Gasteiger partial charge in [0.15, 0.2) is 0 Å². The Bertz CT molecular complexity index is 1660. The Labute approximate surface area is 253 Å². The fourth-order valence-corrected chi connectivity index (χ4v) is 6.62. The third kappa shape index (κ3) is 6.89. The summed E-state index contributed by atoms with van der Waals surface area (Å²) in [7, 11) is -3.02. The van der Waals surface area contributed by atoms with Gasteiger partial charge < -0.3 is 4.90 Å². The number of rotatable bonds is 9. The fraction of sp³-hybridized carbons (Fsp3) is 0.103. The monoisotopic (exact) mass is 699 g/mol. The standard InChI is InChI=1S/C29H23Br2N3O6S/c1-32(41(39,40)26-10-6-3-7-11-26)28(35)19-27(20-12-14-24(15-13-20)34(37)38)33(25-17-22(30)16-23(31)18-25)29(36)21-8-4-2-5-9-21/h2-18,27H,19H2,1H3/t27-/m1/s1. The van der Waals surface area contributed by atoms with Gasteiger partial charge in [0.25, 0.3) is 21.6 Å². The van der Waals surface area contributed by atoms with Crippen LogP contribution >= 0.6 is 31.9 Å². The number of nitro benzene ring substituents is 1. The van der Waals surface area contributed by atoms with E-state index in [0.717, 1.165) is 7.05 Å². The lowest BCUT2D eigenvalue weighted by molar-refractivity contribution is -0.384. The maximum Gasteiger partial charge on any atom is 0.269 e. The van der Waals surface area contributed by atoms with Crippen molar-refractivity contribution in [3.8, 4) is 0 Å². The molecule has 0 saturated carbocycles. The molecular weight excluding hydrogens is 678 g/mol. The van der Waals surface area contributed by atoms with E-state index in [1.807, 2.05) is 0 Å². The molecule has 0 unspecified atom stereocenters. The van der Waals surface area contributed by atoms with E-state index in [1.165, 1.54) is 41.3 Å². The number of hydrogen-bond acceptors (Lipinski definition) is 6. The Morgan fingerprint density at radius 3 is 1.93 bits per heavy atom. The highest BCUT2D eigenvalue weighted by Gasteiger charge is 2.34. The Balaban J connectivity index is 1.85. The molecule has 0 aromatic heterocycles. The number of carbonyl (C=O) groups is 2. The average molecular weight is 701 g/mol. The Hall–Kier alpha value is -3.87. The lowest BCUT2D eigenvalue weighted by Crippen LogP contribution is -2.40. The summed E-state index contributed by atoms with van der Waals surface area (Å²) in [6, 6.07) is 25.6. The zero-order valence-corrected chi connectivity index (χ0v) is 25.5. The molecule has 0 saturated heterocycles. The predicted octanol–water partition coefficient (Wildman–Crippen LogP) is 6.75. The third-order valence-electron chi connectivity index (χ3n) is 6.29. The lowest BCUT2D eigenvalue weighted by atomic mass is 9.99. The number of nitrogens with zero attached hydrogens (tertiary/aromatic N) is 3. The normalized spacial score (nSPS) is 11.9.